The van der Waals surface area contributed by atoms with Crippen molar-refractivity contribution in [1.29, 1.82) is 0 Å². The number of amides is 2. The van der Waals surface area contributed by atoms with Gasteiger partial charge in [-0.05, 0) is 49.9 Å². The molecule has 0 bridgehead atoms. The Bertz CT molecular complexity index is 785. The van der Waals surface area contributed by atoms with Crippen molar-refractivity contribution >= 4 is 50.7 Å². The fourth-order valence-electron chi connectivity index (χ4n) is 2.17. The van der Waals surface area contributed by atoms with E-state index in [1.54, 1.807) is 30.3 Å². The van der Waals surface area contributed by atoms with Crippen LogP contribution in [0.15, 0.2) is 41.0 Å². The molecular formula is C17H18BrClN4O2. The molecule has 0 aliphatic rings. The largest absolute Gasteiger partial charge is 0.325 e. The number of pyridine rings is 1. The highest BCUT2D eigenvalue weighted by Gasteiger charge is 2.13. The lowest BCUT2D eigenvalue weighted by atomic mass is 10.2. The van der Waals surface area contributed by atoms with Gasteiger partial charge in [-0.25, -0.2) is 4.98 Å². The van der Waals surface area contributed by atoms with Gasteiger partial charge in [0.25, 0.3) is 0 Å². The number of rotatable bonds is 6. The van der Waals surface area contributed by atoms with Crippen LogP contribution in [0.3, 0.4) is 0 Å². The van der Waals surface area contributed by atoms with Gasteiger partial charge in [0.2, 0.25) is 11.8 Å². The lowest BCUT2D eigenvalue weighted by molar-refractivity contribution is -0.119. The van der Waals surface area contributed by atoms with Crippen LogP contribution in [0, 0.1) is 6.92 Å². The number of nitrogens with one attached hydrogen (secondary N) is 2. The minimum Gasteiger partial charge on any atom is -0.325 e. The van der Waals surface area contributed by atoms with Gasteiger partial charge in [0, 0.05) is 16.4 Å². The van der Waals surface area contributed by atoms with Crippen molar-refractivity contribution in [3.05, 3.63) is 51.7 Å². The Hall–Kier alpha value is -1.96. The van der Waals surface area contributed by atoms with Crippen molar-refractivity contribution in [2.24, 2.45) is 0 Å². The van der Waals surface area contributed by atoms with Crippen LogP contribution in [-0.4, -0.2) is 41.8 Å². The molecule has 0 unspecified atom stereocenters. The maximum absolute atomic E-state index is 12.1. The Morgan fingerprint density at radius 3 is 2.40 bits per heavy atom. The first-order chi connectivity index (χ1) is 11.8. The van der Waals surface area contributed by atoms with E-state index in [0.717, 1.165) is 15.7 Å². The lowest BCUT2D eigenvalue weighted by Crippen LogP contribution is -2.36. The monoisotopic (exact) mass is 424 g/mol. The summed E-state index contributed by atoms with van der Waals surface area (Å²) in [5.41, 5.74) is 2.14. The van der Waals surface area contributed by atoms with Gasteiger partial charge in [0.15, 0.2) is 5.15 Å². The van der Waals surface area contributed by atoms with Crippen molar-refractivity contribution in [3.8, 4) is 0 Å². The third-order valence-electron chi connectivity index (χ3n) is 3.32. The molecule has 2 rings (SSSR count). The van der Waals surface area contributed by atoms with E-state index < -0.39 is 0 Å². The SMILES string of the molecule is Cc1cc(Br)ccc1NC(=O)CN(C)CC(=O)Nc1cccnc1Cl. The van der Waals surface area contributed by atoms with Crippen LogP contribution in [0.25, 0.3) is 0 Å². The van der Waals surface area contributed by atoms with Gasteiger partial charge in [0.1, 0.15) is 0 Å². The minimum atomic E-state index is -0.273. The second-order valence-electron chi connectivity index (χ2n) is 5.57. The third kappa shape index (κ3) is 6.12. The van der Waals surface area contributed by atoms with Crippen molar-refractivity contribution in [2.75, 3.05) is 30.8 Å². The zero-order valence-electron chi connectivity index (χ0n) is 13.8. The predicted octanol–water partition coefficient (Wildman–Crippen LogP) is 3.31. The fourth-order valence-corrected chi connectivity index (χ4v) is 2.81. The number of nitrogens with zero attached hydrogens (tertiary/aromatic N) is 2. The number of benzene rings is 1. The summed E-state index contributed by atoms with van der Waals surface area (Å²) in [4.78, 5) is 29.7. The molecule has 2 aromatic rings. The summed E-state index contributed by atoms with van der Waals surface area (Å²) in [5.74, 6) is -0.467. The Morgan fingerprint density at radius 1 is 1.16 bits per heavy atom. The van der Waals surface area contributed by atoms with Gasteiger partial charge in [-0.1, -0.05) is 27.5 Å². The van der Waals surface area contributed by atoms with E-state index in [4.69, 9.17) is 11.6 Å². The molecule has 1 aromatic carbocycles. The average molecular weight is 426 g/mol. The molecule has 0 radical (unpaired) electrons. The summed E-state index contributed by atoms with van der Waals surface area (Å²) < 4.78 is 0.950. The summed E-state index contributed by atoms with van der Waals surface area (Å²) in [5, 5.41) is 5.73. The second-order valence-corrected chi connectivity index (χ2v) is 6.84. The number of anilines is 2. The first-order valence-electron chi connectivity index (χ1n) is 7.50. The van der Waals surface area contributed by atoms with Gasteiger partial charge in [-0.3, -0.25) is 14.5 Å². The van der Waals surface area contributed by atoms with Crippen LogP contribution in [0.4, 0.5) is 11.4 Å². The van der Waals surface area contributed by atoms with Gasteiger partial charge < -0.3 is 10.6 Å². The molecule has 132 valence electrons. The molecule has 0 aliphatic carbocycles. The fraction of sp³-hybridized carbons (Fsp3) is 0.235. The van der Waals surface area contributed by atoms with E-state index >= 15 is 0 Å². The third-order valence-corrected chi connectivity index (χ3v) is 4.12. The summed E-state index contributed by atoms with van der Waals surface area (Å²) in [6.45, 7) is 2.05. The van der Waals surface area contributed by atoms with E-state index in [2.05, 4.69) is 31.5 Å². The number of likely N-dealkylation sites (N-methyl/N-ethyl adjacent to an activating group) is 1. The summed E-state index contributed by atoms with van der Waals surface area (Å²) in [6.07, 6.45) is 1.54. The number of aryl methyl sites for hydroxylation is 1. The molecule has 8 heteroatoms. The highest BCUT2D eigenvalue weighted by Crippen LogP contribution is 2.20. The van der Waals surface area contributed by atoms with Crippen LogP contribution in [-0.2, 0) is 9.59 Å². The molecule has 1 heterocycles. The number of carbonyl (C=O) groups excluding carboxylic acids is 2. The van der Waals surface area contributed by atoms with Gasteiger partial charge in [-0.2, -0.15) is 0 Å². The van der Waals surface area contributed by atoms with E-state index in [9.17, 15) is 9.59 Å². The van der Waals surface area contributed by atoms with Crippen LogP contribution < -0.4 is 10.6 Å². The molecule has 0 aliphatic heterocycles. The molecule has 0 spiro atoms. The summed E-state index contributed by atoms with van der Waals surface area (Å²) >= 11 is 9.28. The molecule has 6 nitrogen and oxygen atoms in total. The van der Waals surface area contributed by atoms with Crippen LogP contribution in [0.5, 0.6) is 0 Å². The number of carbonyl (C=O) groups is 2. The van der Waals surface area contributed by atoms with E-state index in [1.807, 2.05) is 25.1 Å². The van der Waals surface area contributed by atoms with Gasteiger partial charge in [-0.15, -0.1) is 0 Å². The maximum Gasteiger partial charge on any atom is 0.238 e. The van der Waals surface area contributed by atoms with Crippen LogP contribution in [0.1, 0.15) is 5.56 Å². The number of hydrogen-bond acceptors (Lipinski definition) is 4. The molecule has 0 fully saturated rings. The number of hydrogen-bond donors (Lipinski definition) is 2. The highest BCUT2D eigenvalue weighted by molar-refractivity contribution is 9.10. The molecule has 0 saturated carbocycles. The van der Waals surface area contributed by atoms with E-state index in [-0.39, 0.29) is 30.1 Å². The lowest BCUT2D eigenvalue weighted by Gasteiger charge is -2.17. The topological polar surface area (TPSA) is 74.3 Å². The Balaban J connectivity index is 1.84. The molecule has 2 N–H and O–H groups in total. The maximum atomic E-state index is 12.1. The summed E-state index contributed by atoms with van der Waals surface area (Å²) in [7, 11) is 1.69. The number of halogens is 2. The molecule has 0 saturated heterocycles. The normalized spacial score (nSPS) is 10.6. The Kier molecular flexibility index (Phi) is 6.92. The first-order valence-corrected chi connectivity index (χ1v) is 8.67. The molecular weight excluding hydrogens is 408 g/mol. The predicted molar refractivity (Wildman–Crippen MR) is 103 cm³/mol. The zero-order valence-corrected chi connectivity index (χ0v) is 16.2. The second kappa shape index (κ2) is 8.94. The van der Waals surface area contributed by atoms with Crippen molar-refractivity contribution < 1.29 is 9.59 Å². The van der Waals surface area contributed by atoms with E-state index in [1.165, 1.54) is 0 Å². The molecule has 0 atom stereocenters. The molecule has 1 aromatic heterocycles. The quantitative estimate of drug-likeness (QED) is 0.696. The smallest absolute Gasteiger partial charge is 0.238 e. The van der Waals surface area contributed by atoms with Crippen LogP contribution in [0.2, 0.25) is 5.15 Å². The zero-order chi connectivity index (χ0) is 18.4. The molecule has 2 amide bonds. The minimum absolute atomic E-state index is 0.0535. The molecule has 25 heavy (non-hydrogen) atoms. The highest BCUT2D eigenvalue weighted by atomic mass is 79.9. The van der Waals surface area contributed by atoms with Crippen molar-refractivity contribution in [1.82, 2.24) is 9.88 Å². The van der Waals surface area contributed by atoms with Gasteiger partial charge >= 0.3 is 0 Å². The standard InChI is InChI=1S/C17H18BrClN4O2/c1-11-8-12(18)5-6-13(11)21-15(24)9-23(2)10-16(25)22-14-4-3-7-20-17(14)19/h3-8H,9-10H2,1-2H3,(H,21,24)(H,22,25). The first kappa shape index (κ1) is 19.4. The average Bonchev–Trinajstić information content (AvgIpc) is 2.52. The van der Waals surface area contributed by atoms with Crippen LogP contribution >= 0.6 is 27.5 Å². The van der Waals surface area contributed by atoms with Crippen molar-refractivity contribution in [3.63, 3.8) is 0 Å². The summed E-state index contributed by atoms with van der Waals surface area (Å²) in [6, 6.07) is 8.95. The Labute approximate surface area is 159 Å². The van der Waals surface area contributed by atoms with Crippen molar-refractivity contribution in [2.45, 2.75) is 6.92 Å². The van der Waals surface area contributed by atoms with E-state index in [0.29, 0.717) is 5.69 Å². The van der Waals surface area contributed by atoms with Gasteiger partial charge in [0.05, 0.1) is 18.8 Å². The number of aromatic nitrogens is 1. The Morgan fingerprint density at radius 2 is 1.80 bits per heavy atom.